The van der Waals surface area contributed by atoms with Gasteiger partial charge >= 0.3 is 5.97 Å². The highest BCUT2D eigenvalue weighted by atomic mass is 16.5. The zero-order valence-corrected chi connectivity index (χ0v) is 8.19. The topological polar surface area (TPSA) is 55.8 Å². The maximum Gasteiger partial charge on any atom is 0.389 e. The van der Waals surface area contributed by atoms with Gasteiger partial charge in [0.1, 0.15) is 18.1 Å². The Morgan fingerprint density at radius 3 is 2.47 bits per heavy atom. The number of benzene rings is 1. The summed E-state index contributed by atoms with van der Waals surface area (Å²) in [6, 6.07) is 6.53. The number of rotatable bonds is 2. The standard InChI is InChI=1S/C11H10O4/c1-14-9-4-6-10(7-5-9)15-11(13)3-2-8-12/h4-7,12H,8H2,1H3. The molecule has 1 rings (SSSR count). The minimum absolute atomic E-state index is 0.363. The van der Waals surface area contributed by atoms with Crippen molar-refractivity contribution in [2.75, 3.05) is 13.7 Å². The van der Waals surface area contributed by atoms with Crippen LogP contribution in [-0.2, 0) is 4.79 Å². The van der Waals surface area contributed by atoms with Gasteiger partial charge in [-0.1, -0.05) is 5.92 Å². The highest BCUT2D eigenvalue weighted by Gasteiger charge is 2.00. The monoisotopic (exact) mass is 206 g/mol. The van der Waals surface area contributed by atoms with Crippen LogP contribution in [0, 0.1) is 11.8 Å². The summed E-state index contributed by atoms with van der Waals surface area (Å²) in [6.45, 7) is -0.363. The van der Waals surface area contributed by atoms with Crippen molar-refractivity contribution in [2.24, 2.45) is 0 Å². The van der Waals surface area contributed by atoms with Crippen LogP contribution in [0.15, 0.2) is 24.3 Å². The van der Waals surface area contributed by atoms with Gasteiger partial charge in [-0.3, -0.25) is 0 Å². The number of aliphatic hydroxyl groups excluding tert-OH is 1. The molecule has 4 heteroatoms. The second kappa shape index (κ2) is 5.68. The molecule has 0 aliphatic carbocycles. The van der Waals surface area contributed by atoms with Crippen LogP contribution in [0.25, 0.3) is 0 Å². The number of esters is 1. The summed E-state index contributed by atoms with van der Waals surface area (Å²) >= 11 is 0. The molecule has 0 saturated heterocycles. The zero-order chi connectivity index (χ0) is 11.1. The molecule has 1 aromatic carbocycles. The molecule has 15 heavy (non-hydrogen) atoms. The number of aliphatic hydroxyl groups is 1. The Hall–Kier alpha value is -1.99. The highest BCUT2D eigenvalue weighted by molar-refractivity contribution is 5.90. The Balaban J connectivity index is 2.61. The first-order valence-corrected chi connectivity index (χ1v) is 4.22. The molecule has 0 fully saturated rings. The molecular weight excluding hydrogens is 196 g/mol. The van der Waals surface area contributed by atoms with E-state index in [1.54, 1.807) is 31.4 Å². The van der Waals surface area contributed by atoms with Crippen molar-refractivity contribution in [2.45, 2.75) is 0 Å². The van der Waals surface area contributed by atoms with Gasteiger partial charge in [-0.25, -0.2) is 4.79 Å². The lowest BCUT2D eigenvalue weighted by Gasteiger charge is -2.01. The molecule has 1 N–H and O–H groups in total. The minimum atomic E-state index is -0.700. The number of carbonyl (C=O) groups excluding carboxylic acids is 1. The molecular formula is C11H10O4. The summed E-state index contributed by atoms with van der Waals surface area (Å²) in [5.74, 6) is 4.67. The van der Waals surface area contributed by atoms with Crippen LogP contribution in [0.5, 0.6) is 11.5 Å². The smallest absolute Gasteiger partial charge is 0.389 e. The van der Waals surface area contributed by atoms with Crippen LogP contribution in [-0.4, -0.2) is 24.8 Å². The van der Waals surface area contributed by atoms with E-state index in [2.05, 4.69) is 11.8 Å². The first kappa shape index (κ1) is 11.1. The van der Waals surface area contributed by atoms with Gasteiger partial charge in [0.2, 0.25) is 0 Å². The molecule has 0 bridgehead atoms. The fourth-order valence-electron chi connectivity index (χ4n) is 0.888. The molecule has 0 atom stereocenters. The first-order valence-electron chi connectivity index (χ1n) is 4.22. The van der Waals surface area contributed by atoms with E-state index in [0.717, 1.165) is 0 Å². The van der Waals surface area contributed by atoms with Gasteiger partial charge in [0.25, 0.3) is 0 Å². The number of ether oxygens (including phenoxy) is 2. The van der Waals surface area contributed by atoms with Gasteiger partial charge in [-0.05, 0) is 24.3 Å². The lowest BCUT2D eigenvalue weighted by Crippen LogP contribution is -2.04. The fourth-order valence-corrected chi connectivity index (χ4v) is 0.888. The van der Waals surface area contributed by atoms with Crippen LogP contribution in [0.1, 0.15) is 0 Å². The van der Waals surface area contributed by atoms with E-state index in [1.807, 2.05) is 0 Å². The van der Waals surface area contributed by atoms with E-state index in [0.29, 0.717) is 11.5 Å². The second-order valence-electron chi connectivity index (χ2n) is 2.52. The third-order valence-electron chi connectivity index (χ3n) is 1.54. The molecule has 78 valence electrons. The summed E-state index contributed by atoms with van der Waals surface area (Å²) in [5.41, 5.74) is 0. The predicted molar refractivity (Wildman–Crippen MR) is 53.5 cm³/mol. The van der Waals surface area contributed by atoms with Gasteiger partial charge in [0.15, 0.2) is 0 Å². The van der Waals surface area contributed by atoms with Gasteiger partial charge in [-0.15, -0.1) is 0 Å². The Morgan fingerprint density at radius 1 is 1.33 bits per heavy atom. The summed E-state index contributed by atoms with van der Waals surface area (Å²) < 4.78 is 9.77. The molecule has 0 spiro atoms. The number of hydrogen-bond acceptors (Lipinski definition) is 4. The average molecular weight is 206 g/mol. The Labute approximate surface area is 87.4 Å². The summed E-state index contributed by atoms with van der Waals surface area (Å²) in [7, 11) is 1.55. The van der Waals surface area contributed by atoms with Crippen molar-refractivity contribution < 1.29 is 19.4 Å². The van der Waals surface area contributed by atoms with Crippen LogP contribution < -0.4 is 9.47 Å². The van der Waals surface area contributed by atoms with E-state index in [1.165, 1.54) is 0 Å². The molecule has 0 aliphatic rings. The van der Waals surface area contributed by atoms with Crippen molar-refractivity contribution >= 4 is 5.97 Å². The van der Waals surface area contributed by atoms with Crippen molar-refractivity contribution in [3.63, 3.8) is 0 Å². The molecule has 4 nitrogen and oxygen atoms in total. The lowest BCUT2D eigenvalue weighted by atomic mass is 10.3. The molecule has 0 heterocycles. The van der Waals surface area contributed by atoms with Crippen molar-refractivity contribution in [3.05, 3.63) is 24.3 Å². The quantitative estimate of drug-likeness (QED) is 0.333. The SMILES string of the molecule is COc1ccc(OC(=O)C#CCO)cc1. The predicted octanol–water partition coefficient (Wildman–Crippen LogP) is 0.596. The van der Waals surface area contributed by atoms with E-state index < -0.39 is 5.97 Å². The Morgan fingerprint density at radius 2 is 1.93 bits per heavy atom. The number of carbonyl (C=O) groups is 1. The molecule has 1 aromatic rings. The van der Waals surface area contributed by atoms with Crippen LogP contribution >= 0.6 is 0 Å². The van der Waals surface area contributed by atoms with Crippen LogP contribution in [0.2, 0.25) is 0 Å². The fraction of sp³-hybridized carbons (Fsp3) is 0.182. The molecule has 0 unspecified atom stereocenters. The van der Waals surface area contributed by atoms with E-state index in [-0.39, 0.29) is 6.61 Å². The van der Waals surface area contributed by atoms with Gasteiger partial charge < -0.3 is 14.6 Å². The highest BCUT2D eigenvalue weighted by Crippen LogP contribution is 2.16. The largest absolute Gasteiger partial charge is 0.497 e. The summed E-state index contributed by atoms with van der Waals surface area (Å²) in [6.07, 6.45) is 0. The van der Waals surface area contributed by atoms with Crippen molar-refractivity contribution in [1.82, 2.24) is 0 Å². The van der Waals surface area contributed by atoms with Crippen molar-refractivity contribution in [3.8, 4) is 23.3 Å². The van der Waals surface area contributed by atoms with Gasteiger partial charge in [0.05, 0.1) is 7.11 Å². The Bertz CT molecular complexity index is 383. The molecule has 0 amide bonds. The first-order chi connectivity index (χ1) is 7.26. The van der Waals surface area contributed by atoms with Crippen molar-refractivity contribution in [1.29, 1.82) is 0 Å². The normalized spacial score (nSPS) is 8.67. The summed E-state index contributed by atoms with van der Waals surface area (Å²) in [5, 5.41) is 8.35. The molecule has 0 radical (unpaired) electrons. The molecule has 0 aliphatic heterocycles. The molecule has 0 saturated carbocycles. The van der Waals surface area contributed by atoms with Crippen LogP contribution in [0.3, 0.4) is 0 Å². The van der Waals surface area contributed by atoms with Gasteiger partial charge in [-0.2, -0.15) is 0 Å². The van der Waals surface area contributed by atoms with E-state index >= 15 is 0 Å². The molecule has 0 aromatic heterocycles. The average Bonchev–Trinajstić information content (AvgIpc) is 2.27. The second-order valence-corrected chi connectivity index (χ2v) is 2.52. The maximum absolute atomic E-state index is 11.0. The number of hydrogen-bond donors (Lipinski definition) is 1. The minimum Gasteiger partial charge on any atom is -0.497 e. The summed E-state index contributed by atoms with van der Waals surface area (Å²) in [4.78, 5) is 11.0. The third kappa shape index (κ3) is 3.71. The van der Waals surface area contributed by atoms with Gasteiger partial charge in [0, 0.05) is 5.92 Å². The lowest BCUT2D eigenvalue weighted by molar-refractivity contribution is -0.128. The Kier molecular flexibility index (Phi) is 4.20. The van der Waals surface area contributed by atoms with E-state index in [9.17, 15) is 4.79 Å². The third-order valence-corrected chi connectivity index (χ3v) is 1.54. The maximum atomic E-state index is 11.0. The number of methoxy groups -OCH3 is 1. The van der Waals surface area contributed by atoms with Crippen LogP contribution in [0.4, 0.5) is 0 Å². The zero-order valence-electron chi connectivity index (χ0n) is 8.19. The van der Waals surface area contributed by atoms with E-state index in [4.69, 9.17) is 14.6 Å².